The third-order valence-corrected chi connectivity index (χ3v) is 4.87. The Morgan fingerprint density at radius 2 is 1.85 bits per heavy atom. The number of carbonyl (C=O) groups is 2. The first-order chi connectivity index (χ1) is 12.9. The summed E-state index contributed by atoms with van der Waals surface area (Å²) in [7, 11) is 0. The number of rotatable bonds is 5. The summed E-state index contributed by atoms with van der Waals surface area (Å²) in [5.41, 5.74) is 1.96. The van der Waals surface area contributed by atoms with Crippen molar-refractivity contribution in [1.82, 2.24) is 4.90 Å². The first kappa shape index (κ1) is 19.1. The molecule has 1 aromatic carbocycles. The van der Waals surface area contributed by atoms with Crippen molar-refractivity contribution in [2.45, 2.75) is 45.8 Å². The van der Waals surface area contributed by atoms with Gasteiger partial charge >= 0.3 is 11.9 Å². The molecule has 1 aromatic rings. The highest BCUT2D eigenvalue weighted by molar-refractivity contribution is 5.93. The molecule has 0 amide bonds. The normalized spacial score (nSPS) is 21.9. The Kier molecular flexibility index (Phi) is 5.61. The molecule has 0 radical (unpaired) electrons. The summed E-state index contributed by atoms with van der Waals surface area (Å²) in [6.07, 6.45) is 5.56. The van der Waals surface area contributed by atoms with Gasteiger partial charge in [-0.15, -0.1) is 0 Å². The first-order valence-corrected chi connectivity index (χ1v) is 9.29. The minimum Gasteiger partial charge on any atom is -0.463 e. The number of hydrogen-bond donors (Lipinski definition) is 0. The summed E-state index contributed by atoms with van der Waals surface area (Å²) >= 11 is 0. The Labute approximate surface area is 159 Å². The number of benzene rings is 1. The highest BCUT2D eigenvalue weighted by atomic mass is 16.5. The van der Waals surface area contributed by atoms with Gasteiger partial charge in [-0.05, 0) is 57.6 Å². The lowest BCUT2D eigenvalue weighted by Crippen LogP contribution is -2.42. The molecule has 2 atom stereocenters. The highest BCUT2D eigenvalue weighted by Gasteiger charge is 2.42. The van der Waals surface area contributed by atoms with Crippen LogP contribution in [0.5, 0.6) is 0 Å². The van der Waals surface area contributed by atoms with Crippen LogP contribution in [0, 0.1) is 0 Å². The number of hydrogen-bond acceptors (Lipinski definition) is 5. The third kappa shape index (κ3) is 3.74. The molecule has 0 saturated carbocycles. The molecule has 0 aromatic heterocycles. The number of ether oxygens (including phenoxy) is 2. The van der Waals surface area contributed by atoms with E-state index in [4.69, 9.17) is 9.47 Å². The Bertz CT molecular complexity index is 820. The maximum atomic E-state index is 12.6. The van der Waals surface area contributed by atoms with E-state index in [1.165, 1.54) is 0 Å². The van der Waals surface area contributed by atoms with Crippen LogP contribution in [0.1, 0.15) is 38.1 Å². The average molecular weight is 367 g/mol. The van der Waals surface area contributed by atoms with Crippen molar-refractivity contribution in [3.63, 3.8) is 0 Å². The van der Waals surface area contributed by atoms with Crippen molar-refractivity contribution in [2.24, 2.45) is 0 Å². The van der Waals surface area contributed by atoms with E-state index < -0.39 is 5.97 Å². The molecular formula is C22H25NO4. The quantitative estimate of drug-likeness (QED) is 0.744. The fourth-order valence-corrected chi connectivity index (χ4v) is 3.77. The number of esters is 2. The number of nitrogens with zero attached hydrogens (tertiary/aromatic N) is 1. The average Bonchev–Trinajstić information content (AvgIpc) is 2.94. The molecule has 0 fully saturated rings. The molecule has 0 bridgehead atoms. The van der Waals surface area contributed by atoms with Crippen molar-refractivity contribution in [3.05, 3.63) is 71.0 Å². The van der Waals surface area contributed by atoms with Crippen LogP contribution in [-0.4, -0.2) is 41.6 Å². The van der Waals surface area contributed by atoms with Gasteiger partial charge < -0.3 is 9.47 Å². The Morgan fingerprint density at radius 1 is 1.15 bits per heavy atom. The predicted octanol–water partition coefficient (Wildman–Crippen LogP) is 3.64. The lowest BCUT2D eigenvalue weighted by atomic mass is 9.98. The van der Waals surface area contributed by atoms with Gasteiger partial charge in [-0.2, -0.15) is 0 Å². The molecule has 1 aliphatic heterocycles. The zero-order valence-electron chi connectivity index (χ0n) is 16.1. The van der Waals surface area contributed by atoms with Gasteiger partial charge in [0.05, 0.1) is 23.8 Å². The van der Waals surface area contributed by atoms with Crippen LogP contribution < -0.4 is 0 Å². The van der Waals surface area contributed by atoms with E-state index in [2.05, 4.69) is 18.7 Å². The fraction of sp³-hybridized carbons (Fsp3) is 0.364. The summed E-state index contributed by atoms with van der Waals surface area (Å²) in [5, 5.41) is 0. The first-order valence-electron chi connectivity index (χ1n) is 9.29. The van der Waals surface area contributed by atoms with E-state index in [1.807, 2.05) is 19.1 Å². The van der Waals surface area contributed by atoms with Crippen molar-refractivity contribution >= 4 is 11.9 Å². The largest absolute Gasteiger partial charge is 0.463 e. The van der Waals surface area contributed by atoms with Crippen molar-refractivity contribution < 1.29 is 19.1 Å². The molecule has 0 N–H and O–H groups in total. The van der Waals surface area contributed by atoms with Crippen LogP contribution in [0.2, 0.25) is 0 Å². The fourth-order valence-electron chi connectivity index (χ4n) is 3.77. The maximum absolute atomic E-state index is 12.6. The molecule has 1 heterocycles. The number of allylic oxidation sites excluding steroid dienone is 1. The van der Waals surface area contributed by atoms with Crippen LogP contribution in [0.25, 0.3) is 0 Å². The van der Waals surface area contributed by atoms with E-state index in [0.29, 0.717) is 23.5 Å². The van der Waals surface area contributed by atoms with Crippen molar-refractivity contribution in [3.8, 4) is 0 Å². The second-order valence-corrected chi connectivity index (χ2v) is 6.91. The lowest BCUT2D eigenvalue weighted by Gasteiger charge is -2.32. The highest BCUT2D eigenvalue weighted by Crippen LogP contribution is 2.37. The van der Waals surface area contributed by atoms with E-state index >= 15 is 0 Å². The van der Waals surface area contributed by atoms with Gasteiger partial charge in [0.25, 0.3) is 0 Å². The van der Waals surface area contributed by atoms with Crippen LogP contribution in [0.3, 0.4) is 0 Å². The zero-order valence-corrected chi connectivity index (χ0v) is 16.1. The molecule has 5 heteroatoms. The molecule has 0 saturated heterocycles. The van der Waals surface area contributed by atoms with Gasteiger partial charge in [0.2, 0.25) is 0 Å². The SMILES string of the molecule is CCOC(=O)C1=C2C=C(OC(=O)c3ccccc3)C=CC2N(C(C)C)C1C. The van der Waals surface area contributed by atoms with Gasteiger partial charge in [0, 0.05) is 12.1 Å². The molecular weight excluding hydrogens is 342 g/mol. The summed E-state index contributed by atoms with van der Waals surface area (Å²) in [4.78, 5) is 27.2. The van der Waals surface area contributed by atoms with Crippen LogP contribution >= 0.6 is 0 Å². The number of fused-ring (bicyclic) bond motifs is 1. The van der Waals surface area contributed by atoms with Gasteiger partial charge in [0.15, 0.2) is 0 Å². The standard InChI is InChI=1S/C22H25NO4/c1-5-26-22(25)20-15(4)23(14(2)3)19-12-11-17(13-18(19)20)27-21(24)16-9-7-6-8-10-16/h6-15,19H,5H2,1-4H3. The molecule has 2 unspecified atom stereocenters. The summed E-state index contributed by atoms with van der Waals surface area (Å²) in [6.45, 7) is 8.33. The van der Waals surface area contributed by atoms with E-state index in [9.17, 15) is 9.59 Å². The molecule has 5 nitrogen and oxygen atoms in total. The van der Waals surface area contributed by atoms with Crippen molar-refractivity contribution in [1.29, 1.82) is 0 Å². The lowest BCUT2D eigenvalue weighted by molar-refractivity contribution is -0.139. The monoisotopic (exact) mass is 367 g/mol. The molecule has 142 valence electrons. The second kappa shape index (κ2) is 7.92. The van der Waals surface area contributed by atoms with Crippen LogP contribution in [0.4, 0.5) is 0 Å². The Balaban J connectivity index is 1.92. The van der Waals surface area contributed by atoms with Crippen molar-refractivity contribution in [2.75, 3.05) is 6.61 Å². The molecule has 2 aliphatic rings. The van der Waals surface area contributed by atoms with E-state index in [0.717, 1.165) is 5.57 Å². The Hall–Kier alpha value is -2.66. The molecule has 3 rings (SSSR count). The van der Waals surface area contributed by atoms with Gasteiger partial charge in [-0.3, -0.25) is 4.90 Å². The molecule has 0 spiro atoms. The zero-order chi connectivity index (χ0) is 19.6. The summed E-state index contributed by atoms with van der Waals surface area (Å²) in [6, 6.07) is 8.99. The minimum atomic E-state index is -0.421. The number of carbonyl (C=O) groups excluding carboxylic acids is 2. The Morgan fingerprint density at radius 3 is 2.48 bits per heavy atom. The predicted molar refractivity (Wildman–Crippen MR) is 103 cm³/mol. The van der Waals surface area contributed by atoms with Gasteiger partial charge in [0.1, 0.15) is 5.76 Å². The summed E-state index contributed by atoms with van der Waals surface area (Å²) in [5.74, 6) is -0.307. The maximum Gasteiger partial charge on any atom is 0.343 e. The van der Waals surface area contributed by atoms with Gasteiger partial charge in [-0.1, -0.05) is 24.3 Å². The van der Waals surface area contributed by atoms with Crippen LogP contribution in [-0.2, 0) is 14.3 Å². The summed E-state index contributed by atoms with van der Waals surface area (Å²) < 4.78 is 10.8. The topological polar surface area (TPSA) is 55.8 Å². The second-order valence-electron chi connectivity index (χ2n) is 6.91. The third-order valence-electron chi connectivity index (χ3n) is 4.87. The molecule has 1 aliphatic carbocycles. The smallest absolute Gasteiger partial charge is 0.343 e. The van der Waals surface area contributed by atoms with E-state index in [-0.39, 0.29) is 24.1 Å². The molecule has 27 heavy (non-hydrogen) atoms. The van der Waals surface area contributed by atoms with E-state index in [1.54, 1.807) is 43.3 Å². The van der Waals surface area contributed by atoms with Crippen LogP contribution in [0.15, 0.2) is 65.5 Å². The van der Waals surface area contributed by atoms with Gasteiger partial charge in [-0.25, -0.2) is 9.59 Å². The minimum absolute atomic E-state index is 0.0291.